The maximum absolute atomic E-state index is 13.4. The molecule has 1 amide bonds. The monoisotopic (exact) mass is 481 g/mol. The van der Waals surface area contributed by atoms with Crippen LogP contribution in [0.4, 0.5) is 30.2 Å². The predicted molar refractivity (Wildman–Crippen MR) is 126 cm³/mol. The largest absolute Gasteiger partial charge is 0.478 e. The van der Waals surface area contributed by atoms with E-state index in [1.165, 1.54) is 30.3 Å². The molecule has 0 fully saturated rings. The Bertz CT molecular complexity index is 1320. The first kappa shape index (κ1) is 25.3. The lowest BCUT2D eigenvalue weighted by atomic mass is 9.85. The predicted octanol–water partition coefficient (Wildman–Crippen LogP) is 6.57. The summed E-state index contributed by atoms with van der Waals surface area (Å²) in [6.45, 7) is 5.66. The molecular weight excluding hydrogens is 459 g/mol. The Hall–Kier alpha value is -4.32. The number of aromatic carboxylic acids is 1. The van der Waals surface area contributed by atoms with E-state index in [9.17, 15) is 27.9 Å². The maximum Gasteiger partial charge on any atom is 0.416 e. The highest BCUT2D eigenvalue weighted by atomic mass is 19.4. The number of carboxylic acids is 1. The molecule has 0 spiro atoms. The topological polar surface area (TPSA) is 102 Å². The molecule has 0 heterocycles. The van der Waals surface area contributed by atoms with Gasteiger partial charge in [-0.05, 0) is 65.6 Å². The second-order valence-corrected chi connectivity index (χ2v) is 8.84. The molecule has 0 aliphatic carbocycles. The number of anilines is 3. The van der Waals surface area contributed by atoms with Gasteiger partial charge in [0.2, 0.25) is 0 Å². The van der Waals surface area contributed by atoms with Gasteiger partial charge in [0.25, 0.3) is 5.91 Å². The van der Waals surface area contributed by atoms with Gasteiger partial charge in [-0.25, -0.2) is 4.79 Å². The molecule has 3 aromatic rings. The van der Waals surface area contributed by atoms with Gasteiger partial charge in [0.1, 0.15) is 0 Å². The molecule has 0 bridgehead atoms. The van der Waals surface area contributed by atoms with Crippen molar-refractivity contribution in [3.63, 3.8) is 0 Å². The van der Waals surface area contributed by atoms with E-state index in [1.54, 1.807) is 18.2 Å². The van der Waals surface area contributed by atoms with Crippen LogP contribution in [0.5, 0.6) is 0 Å². The SMILES string of the molecule is CC(C)(C)c1ccc(C(=O)O)c(C(=O)Nc2cc(C(F)(F)F)ccc2Nc2ccc(C#N)cc2)c1. The Morgan fingerprint density at radius 2 is 1.49 bits per heavy atom. The van der Waals surface area contributed by atoms with E-state index in [1.807, 2.05) is 26.8 Å². The molecule has 0 aliphatic heterocycles. The van der Waals surface area contributed by atoms with Gasteiger partial charge in [0, 0.05) is 5.69 Å². The van der Waals surface area contributed by atoms with E-state index in [4.69, 9.17) is 5.26 Å². The van der Waals surface area contributed by atoms with Gasteiger partial charge in [0.15, 0.2) is 0 Å². The number of carbonyl (C=O) groups excluding carboxylic acids is 1. The van der Waals surface area contributed by atoms with Crippen molar-refractivity contribution in [3.8, 4) is 6.07 Å². The van der Waals surface area contributed by atoms with Gasteiger partial charge in [-0.3, -0.25) is 4.79 Å². The molecule has 0 saturated carbocycles. The third-order valence-corrected chi connectivity index (χ3v) is 5.25. The van der Waals surface area contributed by atoms with Crippen molar-refractivity contribution >= 4 is 28.9 Å². The van der Waals surface area contributed by atoms with Gasteiger partial charge in [-0.2, -0.15) is 18.4 Å². The molecule has 180 valence electrons. The summed E-state index contributed by atoms with van der Waals surface area (Å²) in [4.78, 5) is 24.9. The molecule has 9 heteroatoms. The van der Waals surface area contributed by atoms with Crippen LogP contribution in [0.3, 0.4) is 0 Å². The molecule has 3 aromatic carbocycles. The van der Waals surface area contributed by atoms with E-state index in [2.05, 4.69) is 10.6 Å². The molecule has 0 aliphatic rings. The highest BCUT2D eigenvalue weighted by Crippen LogP contribution is 2.35. The molecule has 6 nitrogen and oxygen atoms in total. The van der Waals surface area contributed by atoms with Crippen LogP contribution < -0.4 is 10.6 Å². The first-order valence-electron chi connectivity index (χ1n) is 10.5. The van der Waals surface area contributed by atoms with Gasteiger partial charge in [0.05, 0.1) is 39.7 Å². The fourth-order valence-corrected chi connectivity index (χ4v) is 3.29. The van der Waals surface area contributed by atoms with Crippen LogP contribution in [0.1, 0.15) is 58.2 Å². The minimum absolute atomic E-state index is 0.153. The zero-order chi connectivity index (χ0) is 26.0. The number of halogens is 3. The zero-order valence-electron chi connectivity index (χ0n) is 19.1. The second kappa shape index (κ2) is 9.50. The number of nitrogens with one attached hydrogen (secondary N) is 2. The van der Waals surface area contributed by atoms with Gasteiger partial charge in [-0.15, -0.1) is 0 Å². The van der Waals surface area contributed by atoms with Gasteiger partial charge < -0.3 is 15.7 Å². The van der Waals surface area contributed by atoms with Crippen molar-refractivity contribution in [1.29, 1.82) is 5.26 Å². The molecule has 0 aromatic heterocycles. The Morgan fingerprint density at radius 1 is 0.857 bits per heavy atom. The lowest BCUT2D eigenvalue weighted by molar-refractivity contribution is -0.137. The van der Waals surface area contributed by atoms with Gasteiger partial charge in [-0.1, -0.05) is 26.8 Å². The second-order valence-electron chi connectivity index (χ2n) is 8.84. The number of carboxylic acid groups (broad SMARTS) is 1. The number of benzene rings is 3. The minimum atomic E-state index is -4.66. The molecule has 3 N–H and O–H groups in total. The zero-order valence-corrected chi connectivity index (χ0v) is 19.1. The summed E-state index contributed by atoms with van der Waals surface area (Å²) in [7, 11) is 0. The summed E-state index contributed by atoms with van der Waals surface area (Å²) in [5.41, 5.74) is -0.309. The van der Waals surface area contributed by atoms with E-state index in [0.717, 1.165) is 12.1 Å². The Kier molecular flexibility index (Phi) is 6.87. The van der Waals surface area contributed by atoms with Crippen LogP contribution in [-0.2, 0) is 11.6 Å². The fourth-order valence-electron chi connectivity index (χ4n) is 3.29. The van der Waals surface area contributed by atoms with E-state index in [-0.39, 0.29) is 22.5 Å². The van der Waals surface area contributed by atoms with Crippen molar-refractivity contribution in [2.45, 2.75) is 32.4 Å². The van der Waals surface area contributed by atoms with E-state index < -0.39 is 29.0 Å². The van der Waals surface area contributed by atoms with Crippen molar-refractivity contribution in [1.82, 2.24) is 0 Å². The molecule has 3 rings (SSSR count). The van der Waals surface area contributed by atoms with Crippen LogP contribution in [0.2, 0.25) is 0 Å². The highest BCUT2D eigenvalue weighted by Gasteiger charge is 2.31. The third-order valence-electron chi connectivity index (χ3n) is 5.25. The standard InChI is InChI=1S/C26H22F3N3O3/c1-25(2,3)16-6-10-19(24(34)35)20(12-16)23(33)32-22-13-17(26(27,28)29)7-11-21(22)31-18-8-4-15(14-30)5-9-18/h4-13,31H,1-3H3,(H,32,33)(H,34,35). The van der Waals surface area contributed by atoms with Crippen LogP contribution in [0.15, 0.2) is 60.7 Å². The highest BCUT2D eigenvalue weighted by molar-refractivity contribution is 6.12. The van der Waals surface area contributed by atoms with Crippen molar-refractivity contribution in [2.24, 2.45) is 0 Å². The Labute approximate surface area is 200 Å². The quantitative estimate of drug-likeness (QED) is 0.383. The number of hydrogen-bond donors (Lipinski definition) is 3. The van der Waals surface area contributed by atoms with Crippen LogP contribution in [0, 0.1) is 11.3 Å². The van der Waals surface area contributed by atoms with Crippen molar-refractivity contribution in [2.75, 3.05) is 10.6 Å². The average Bonchev–Trinajstić information content (AvgIpc) is 2.78. The lowest BCUT2D eigenvalue weighted by Crippen LogP contribution is -2.20. The van der Waals surface area contributed by atoms with Crippen LogP contribution in [0.25, 0.3) is 0 Å². The molecule has 0 atom stereocenters. The third kappa shape index (κ3) is 5.98. The van der Waals surface area contributed by atoms with Crippen LogP contribution >= 0.6 is 0 Å². The van der Waals surface area contributed by atoms with Crippen molar-refractivity contribution < 1.29 is 27.9 Å². The summed E-state index contributed by atoms with van der Waals surface area (Å²) in [5, 5.41) is 23.9. The minimum Gasteiger partial charge on any atom is -0.478 e. The number of alkyl halides is 3. The average molecular weight is 481 g/mol. The maximum atomic E-state index is 13.4. The molecule has 0 saturated heterocycles. The lowest BCUT2D eigenvalue weighted by Gasteiger charge is -2.21. The first-order chi connectivity index (χ1) is 16.3. The summed E-state index contributed by atoms with van der Waals surface area (Å²) < 4.78 is 40.1. The number of nitrogens with zero attached hydrogens (tertiary/aromatic N) is 1. The number of nitriles is 1. The molecule has 35 heavy (non-hydrogen) atoms. The summed E-state index contributed by atoms with van der Waals surface area (Å²) >= 11 is 0. The number of hydrogen-bond acceptors (Lipinski definition) is 4. The fraction of sp³-hybridized carbons (Fsp3) is 0.192. The van der Waals surface area contributed by atoms with Gasteiger partial charge >= 0.3 is 12.1 Å². The molecule has 0 unspecified atom stereocenters. The first-order valence-corrected chi connectivity index (χ1v) is 10.5. The Balaban J connectivity index is 2.05. The molecule has 0 radical (unpaired) electrons. The normalized spacial score (nSPS) is 11.5. The van der Waals surface area contributed by atoms with Crippen molar-refractivity contribution in [3.05, 3.63) is 88.5 Å². The Morgan fingerprint density at radius 3 is 2.03 bits per heavy atom. The summed E-state index contributed by atoms with van der Waals surface area (Å²) in [6, 6.07) is 15.3. The van der Waals surface area contributed by atoms with E-state index >= 15 is 0 Å². The number of carbonyl (C=O) groups is 2. The van der Waals surface area contributed by atoms with Crippen LogP contribution in [-0.4, -0.2) is 17.0 Å². The smallest absolute Gasteiger partial charge is 0.416 e. The summed E-state index contributed by atoms with van der Waals surface area (Å²) in [5.74, 6) is -2.20. The number of rotatable bonds is 5. The number of amides is 1. The summed E-state index contributed by atoms with van der Waals surface area (Å²) in [6.07, 6.45) is -4.66. The van der Waals surface area contributed by atoms with E-state index in [0.29, 0.717) is 16.8 Å². The molecular formula is C26H22F3N3O3.